The quantitative estimate of drug-likeness (QED) is 0.169. The van der Waals surface area contributed by atoms with E-state index in [9.17, 15) is 9.59 Å². The Kier molecular flexibility index (Phi) is 7.55. The van der Waals surface area contributed by atoms with Crippen LogP contribution in [-0.4, -0.2) is 29.9 Å². The molecule has 3 aromatic rings. The lowest BCUT2D eigenvalue weighted by Gasteiger charge is -2.15. The number of nitrogens with one attached hydrogen (secondary N) is 2. The average molecular weight is 432 g/mol. The lowest BCUT2D eigenvalue weighted by atomic mass is 9.98. The fraction of sp³-hybridized carbons (Fsp3) is 0.125. The van der Waals surface area contributed by atoms with Crippen molar-refractivity contribution in [2.45, 2.75) is 13.5 Å². The molecule has 0 saturated carbocycles. The molecule has 3 rings (SSSR count). The second-order valence-electron chi connectivity index (χ2n) is 6.80. The van der Waals surface area contributed by atoms with Gasteiger partial charge in [-0.25, -0.2) is 4.79 Å². The fourth-order valence-corrected chi connectivity index (χ4v) is 3.21. The van der Waals surface area contributed by atoms with Gasteiger partial charge >= 0.3 is 6.09 Å². The van der Waals surface area contributed by atoms with Crippen LogP contribution in [0.3, 0.4) is 0 Å². The topological polar surface area (TPSA) is 126 Å². The predicted octanol–water partition coefficient (Wildman–Crippen LogP) is 4.52. The monoisotopic (exact) mass is 432 g/mol. The van der Waals surface area contributed by atoms with Gasteiger partial charge < -0.3 is 16.2 Å². The maximum Gasteiger partial charge on any atom is 0.433 e. The average Bonchev–Trinajstić information content (AvgIpc) is 2.81. The molecule has 3 aromatic carbocycles. The first kappa shape index (κ1) is 22.5. The molecule has 0 fully saturated rings. The number of carbonyl (C=O) groups is 2. The maximum atomic E-state index is 11.5. The SMILES string of the molecule is CCONc1cccc(C=O)c1NCc1ccc(-c2ccccc2/C(N)=N/C(=O)O)cc1. The first-order valence-corrected chi connectivity index (χ1v) is 9.99. The third-order valence-corrected chi connectivity index (χ3v) is 4.70. The molecule has 0 aliphatic heterocycles. The number of hydrogen-bond donors (Lipinski definition) is 4. The fourth-order valence-electron chi connectivity index (χ4n) is 3.21. The number of rotatable bonds is 9. The van der Waals surface area contributed by atoms with Crippen molar-refractivity contribution < 1.29 is 19.5 Å². The summed E-state index contributed by atoms with van der Waals surface area (Å²) in [6.45, 7) is 2.83. The summed E-state index contributed by atoms with van der Waals surface area (Å²) in [7, 11) is 0. The summed E-state index contributed by atoms with van der Waals surface area (Å²) in [5.41, 5.74) is 13.8. The van der Waals surface area contributed by atoms with E-state index in [2.05, 4.69) is 15.8 Å². The molecule has 0 unspecified atom stereocenters. The van der Waals surface area contributed by atoms with Crippen LogP contribution < -0.4 is 16.5 Å². The van der Waals surface area contributed by atoms with Gasteiger partial charge in [0.25, 0.3) is 0 Å². The Morgan fingerprint density at radius 2 is 1.84 bits per heavy atom. The highest BCUT2D eigenvalue weighted by molar-refractivity contribution is 6.07. The van der Waals surface area contributed by atoms with E-state index in [-0.39, 0.29) is 5.84 Å². The zero-order chi connectivity index (χ0) is 22.9. The van der Waals surface area contributed by atoms with Crippen molar-refractivity contribution >= 4 is 29.6 Å². The number of hydrogen-bond acceptors (Lipinski definition) is 5. The molecular weight excluding hydrogens is 408 g/mol. The van der Waals surface area contributed by atoms with Crippen molar-refractivity contribution in [2.75, 3.05) is 17.4 Å². The number of nitrogens with zero attached hydrogens (tertiary/aromatic N) is 1. The van der Waals surface area contributed by atoms with Gasteiger partial charge in [0.2, 0.25) is 0 Å². The Labute approximate surface area is 185 Å². The van der Waals surface area contributed by atoms with Crippen LogP contribution in [-0.2, 0) is 11.4 Å². The van der Waals surface area contributed by atoms with E-state index in [0.717, 1.165) is 23.0 Å². The van der Waals surface area contributed by atoms with E-state index in [4.69, 9.17) is 15.7 Å². The zero-order valence-corrected chi connectivity index (χ0v) is 17.5. The summed E-state index contributed by atoms with van der Waals surface area (Å²) in [6.07, 6.45) is -0.546. The van der Waals surface area contributed by atoms with E-state index >= 15 is 0 Å². The molecule has 0 heterocycles. The third-order valence-electron chi connectivity index (χ3n) is 4.70. The lowest BCUT2D eigenvalue weighted by molar-refractivity contribution is 0.112. The number of benzene rings is 3. The van der Waals surface area contributed by atoms with Gasteiger partial charge in [-0.3, -0.25) is 15.1 Å². The molecule has 8 nitrogen and oxygen atoms in total. The Balaban J connectivity index is 1.81. The van der Waals surface area contributed by atoms with Gasteiger partial charge in [-0.2, -0.15) is 4.99 Å². The largest absolute Gasteiger partial charge is 0.463 e. The molecule has 8 heteroatoms. The van der Waals surface area contributed by atoms with Crippen molar-refractivity contribution in [3.8, 4) is 11.1 Å². The molecular formula is C24H24N4O4. The standard InChI is InChI=1S/C24H24N4O4/c1-2-32-28-21-9-5-6-18(15-29)22(21)26-14-16-10-12-17(13-11-16)19-7-3-4-8-20(19)23(25)27-24(30)31/h3-13,15,26,28H,2,14H2,1H3,(H2,25,27)(H,30,31). The Bertz CT molecular complexity index is 1130. The minimum absolute atomic E-state index is 0.0568. The second kappa shape index (κ2) is 10.7. The van der Waals surface area contributed by atoms with Crippen molar-refractivity contribution in [2.24, 2.45) is 10.7 Å². The molecule has 0 spiro atoms. The molecule has 0 aromatic heterocycles. The van der Waals surface area contributed by atoms with Crippen LogP contribution in [0.5, 0.6) is 0 Å². The number of carboxylic acid groups (broad SMARTS) is 1. The van der Waals surface area contributed by atoms with E-state index in [1.165, 1.54) is 0 Å². The number of aldehydes is 1. The molecule has 0 saturated heterocycles. The highest BCUT2D eigenvalue weighted by Crippen LogP contribution is 2.27. The zero-order valence-electron chi connectivity index (χ0n) is 17.5. The van der Waals surface area contributed by atoms with Crippen molar-refractivity contribution in [1.29, 1.82) is 0 Å². The van der Waals surface area contributed by atoms with E-state index in [0.29, 0.717) is 35.7 Å². The molecule has 0 aliphatic carbocycles. The maximum absolute atomic E-state index is 11.5. The van der Waals surface area contributed by atoms with E-state index in [1.54, 1.807) is 24.3 Å². The smallest absolute Gasteiger partial charge is 0.433 e. The molecule has 0 atom stereocenters. The highest BCUT2D eigenvalue weighted by atomic mass is 16.6. The summed E-state index contributed by atoms with van der Waals surface area (Å²) >= 11 is 0. The van der Waals surface area contributed by atoms with Gasteiger partial charge in [-0.1, -0.05) is 54.6 Å². The minimum Gasteiger partial charge on any atom is -0.463 e. The Hall–Kier alpha value is -4.17. The Morgan fingerprint density at radius 3 is 2.53 bits per heavy atom. The Morgan fingerprint density at radius 1 is 1.09 bits per heavy atom. The molecule has 1 amide bonds. The third kappa shape index (κ3) is 5.50. The lowest BCUT2D eigenvalue weighted by Crippen LogP contribution is -2.16. The van der Waals surface area contributed by atoms with Crippen molar-refractivity contribution in [3.63, 3.8) is 0 Å². The number of aliphatic imine (C=N–C) groups is 1. The minimum atomic E-state index is -1.34. The molecule has 32 heavy (non-hydrogen) atoms. The number of carbonyl (C=O) groups excluding carboxylic acids is 1. The highest BCUT2D eigenvalue weighted by Gasteiger charge is 2.11. The molecule has 5 N–H and O–H groups in total. The molecule has 0 aliphatic rings. The van der Waals surface area contributed by atoms with E-state index in [1.807, 2.05) is 49.4 Å². The van der Waals surface area contributed by atoms with Gasteiger partial charge in [0.05, 0.1) is 18.0 Å². The number of para-hydroxylation sites is 1. The summed E-state index contributed by atoms with van der Waals surface area (Å²) in [6, 6.07) is 20.3. The van der Waals surface area contributed by atoms with Crippen LogP contribution in [0.2, 0.25) is 0 Å². The predicted molar refractivity (Wildman–Crippen MR) is 125 cm³/mol. The van der Waals surface area contributed by atoms with Crippen LogP contribution in [0.25, 0.3) is 11.1 Å². The van der Waals surface area contributed by atoms with Crippen LogP contribution in [0, 0.1) is 0 Å². The van der Waals surface area contributed by atoms with Gasteiger partial charge in [0.1, 0.15) is 5.84 Å². The number of anilines is 2. The van der Waals surface area contributed by atoms with Crippen LogP contribution >= 0.6 is 0 Å². The first-order valence-electron chi connectivity index (χ1n) is 9.99. The number of amides is 1. The molecule has 164 valence electrons. The van der Waals surface area contributed by atoms with Crippen LogP contribution in [0.1, 0.15) is 28.4 Å². The second-order valence-corrected chi connectivity index (χ2v) is 6.80. The summed E-state index contributed by atoms with van der Waals surface area (Å²) < 4.78 is 0. The normalized spacial score (nSPS) is 11.1. The van der Waals surface area contributed by atoms with Crippen LogP contribution in [0.15, 0.2) is 71.7 Å². The van der Waals surface area contributed by atoms with Gasteiger partial charge in [-0.15, -0.1) is 0 Å². The van der Waals surface area contributed by atoms with Crippen molar-refractivity contribution in [1.82, 2.24) is 0 Å². The molecule has 0 bridgehead atoms. The number of amidine groups is 1. The van der Waals surface area contributed by atoms with Crippen LogP contribution in [0.4, 0.5) is 16.2 Å². The number of nitrogens with two attached hydrogens (primary N) is 1. The van der Waals surface area contributed by atoms with Gasteiger partial charge in [0.15, 0.2) is 6.29 Å². The van der Waals surface area contributed by atoms with Gasteiger partial charge in [-0.05, 0) is 35.7 Å². The van der Waals surface area contributed by atoms with E-state index < -0.39 is 6.09 Å². The summed E-state index contributed by atoms with van der Waals surface area (Å²) in [4.78, 5) is 31.0. The van der Waals surface area contributed by atoms with Gasteiger partial charge in [0, 0.05) is 17.7 Å². The summed E-state index contributed by atoms with van der Waals surface area (Å²) in [5.74, 6) is -0.0568. The molecule has 0 radical (unpaired) electrons. The summed E-state index contributed by atoms with van der Waals surface area (Å²) in [5, 5.41) is 12.2. The van der Waals surface area contributed by atoms with Crippen molar-refractivity contribution in [3.05, 3.63) is 83.4 Å². The first-order chi connectivity index (χ1) is 15.5.